The highest BCUT2D eigenvalue weighted by Crippen LogP contribution is 2.07. The quantitative estimate of drug-likeness (QED) is 0.526. The fraction of sp³-hybridized carbons (Fsp3) is 0.700. The first-order valence-electron chi connectivity index (χ1n) is 4.87. The summed E-state index contributed by atoms with van der Waals surface area (Å²) in [4.78, 5) is 34.7. The van der Waals surface area contributed by atoms with Crippen LogP contribution >= 0.6 is 0 Å². The first kappa shape index (κ1) is 14.5. The Kier molecular flexibility index (Phi) is 5.56. The van der Waals surface area contributed by atoms with E-state index >= 15 is 0 Å². The molecule has 90 valence electrons. The molecule has 1 unspecified atom stereocenters. The van der Waals surface area contributed by atoms with Gasteiger partial charge in [-0.3, -0.25) is 9.59 Å². The minimum atomic E-state index is -0.997. The van der Waals surface area contributed by atoms with Crippen LogP contribution in [0.15, 0.2) is 4.99 Å². The monoisotopic (exact) mass is 228 g/mol. The number of carbonyl (C=O) groups excluding carboxylic acids is 2. The predicted molar refractivity (Wildman–Crippen MR) is 56.7 cm³/mol. The molecule has 6 nitrogen and oxygen atoms in total. The van der Waals surface area contributed by atoms with E-state index in [1.165, 1.54) is 0 Å². The van der Waals surface area contributed by atoms with Gasteiger partial charge in [0.15, 0.2) is 0 Å². The van der Waals surface area contributed by atoms with Gasteiger partial charge in [0.2, 0.25) is 6.08 Å². The summed E-state index contributed by atoms with van der Waals surface area (Å²) < 4.78 is 0. The lowest BCUT2D eigenvalue weighted by atomic mass is 10.0. The molecule has 0 saturated carbocycles. The Morgan fingerprint density at radius 3 is 2.38 bits per heavy atom. The largest absolute Gasteiger partial charge is 0.481 e. The molecule has 2 N–H and O–H groups in total. The van der Waals surface area contributed by atoms with E-state index in [1.54, 1.807) is 0 Å². The molecule has 0 aromatic rings. The van der Waals surface area contributed by atoms with Crippen LogP contribution in [0.1, 0.15) is 33.6 Å². The molecule has 0 radical (unpaired) electrons. The average Bonchev–Trinajstić information content (AvgIpc) is 2.10. The minimum Gasteiger partial charge on any atom is -0.481 e. The lowest BCUT2D eigenvalue weighted by Gasteiger charge is -2.25. The molecular formula is C10H16N2O4. The normalized spacial score (nSPS) is 12.7. The molecule has 0 aliphatic heterocycles. The van der Waals surface area contributed by atoms with Crippen LogP contribution in [0.5, 0.6) is 0 Å². The number of amides is 1. The van der Waals surface area contributed by atoms with Crippen LogP contribution in [0.2, 0.25) is 0 Å². The van der Waals surface area contributed by atoms with Gasteiger partial charge in [0.25, 0.3) is 5.91 Å². The highest BCUT2D eigenvalue weighted by Gasteiger charge is 2.24. The second-order valence-electron chi connectivity index (χ2n) is 4.42. The maximum atomic E-state index is 11.3. The number of isocyanates is 1. The molecule has 0 saturated heterocycles. The van der Waals surface area contributed by atoms with E-state index in [1.807, 2.05) is 20.8 Å². The van der Waals surface area contributed by atoms with E-state index in [9.17, 15) is 14.4 Å². The number of carboxylic acids is 1. The van der Waals surface area contributed by atoms with E-state index in [0.717, 1.165) is 6.08 Å². The Morgan fingerprint density at radius 2 is 2.00 bits per heavy atom. The third-order valence-corrected chi connectivity index (χ3v) is 1.71. The molecular weight excluding hydrogens is 212 g/mol. The Bertz CT molecular complexity index is 313. The number of aliphatic carboxylic acids is 1. The number of rotatable bonds is 5. The fourth-order valence-electron chi connectivity index (χ4n) is 1.17. The number of nitrogens with zero attached hydrogens (tertiary/aromatic N) is 1. The van der Waals surface area contributed by atoms with Crippen LogP contribution in [0.3, 0.4) is 0 Å². The van der Waals surface area contributed by atoms with Crippen LogP contribution in [0.25, 0.3) is 0 Å². The minimum absolute atomic E-state index is 0.0939. The van der Waals surface area contributed by atoms with Crippen LogP contribution in [-0.4, -0.2) is 34.6 Å². The summed E-state index contributed by atoms with van der Waals surface area (Å²) in [5.74, 6) is -1.69. The van der Waals surface area contributed by atoms with E-state index in [0.29, 0.717) is 0 Å². The van der Waals surface area contributed by atoms with Gasteiger partial charge in [-0.2, -0.15) is 0 Å². The lowest BCUT2D eigenvalue weighted by molar-refractivity contribution is -0.137. The topological polar surface area (TPSA) is 95.8 Å². The molecule has 0 aromatic carbocycles. The molecule has 0 aliphatic rings. The summed E-state index contributed by atoms with van der Waals surface area (Å²) in [6.45, 7) is 5.50. The lowest BCUT2D eigenvalue weighted by Crippen LogP contribution is -2.47. The van der Waals surface area contributed by atoms with Gasteiger partial charge in [-0.1, -0.05) is 0 Å². The Balaban J connectivity index is 4.56. The molecule has 0 aliphatic carbocycles. The van der Waals surface area contributed by atoms with Crippen LogP contribution in [0.4, 0.5) is 0 Å². The maximum Gasteiger partial charge on any atom is 0.303 e. The first-order chi connectivity index (χ1) is 7.26. The second-order valence-corrected chi connectivity index (χ2v) is 4.42. The van der Waals surface area contributed by atoms with Crippen molar-refractivity contribution in [1.82, 2.24) is 5.32 Å². The number of hydrogen-bond acceptors (Lipinski definition) is 4. The molecule has 0 aromatic heterocycles. The summed E-state index contributed by atoms with van der Waals surface area (Å²) in [6.07, 6.45) is 1.09. The van der Waals surface area contributed by atoms with Gasteiger partial charge in [0, 0.05) is 12.0 Å². The van der Waals surface area contributed by atoms with Crippen molar-refractivity contribution in [2.24, 2.45) is 4.99 Å². The molecule has 0 heterocycles. The molecule has 0 rings (SSSR count). The standard InChI is InChI=1S/C10H16N2O4/c1-10(2,3)12-7(4-5-8(14)15)9(16)11-6-13/h7,12H,4-5H2,1-3H3,(H,14,15). The molecule has 0 fully saturated rings. The van der Waals surface area contributed by atoms with E-state index < -0.39 is 17.9 Å². The average molecular weight is 228 g/mol. The smallest absolute Gasteiger partial charge is 0.303 e. The zero-order valence-electron chi connectivity index (χ0n) is 9.61. The Hall–Kier alpha value is -1.52. The summed E-state index contributed by atoms with van der Waals surface area (Å²) in [6, 6.07) is -0.766. The molecule has 6 heteroatoms. The number of aliphatic imine (C=N–C) groups is 1. The third kappa shape index (κ3) is 6.86. The molecule has 1 atom stereocenters. The SMILES string of the molecule is CC(C)(C)NC(CCC(=O)O)C(=O)N=C=O. The third-order valence-electron chi connectivity index (χ3n) is 1.71. The molecule has 0 spiro atoms. The highest BCUT2D eigenvalue weighted by atomic mass is 16.4. The maximum absolute atomic E-state index is 11.3. The Morgan fingerprint density at radius 1 is 1.44 bits per heavy atom. The van der Waals surface area contributed by atoms with E-state index in [2.05, 4.69) is 10.3 Å². The van der Waals surface area contributed by atoms with Crippen LogP contribution < -0.4 is 5.32 Å². The van der Waals surface area contributed by atoms with Crippen molar-refractivity contribution in [2.75, 3.05) is 0 Å². The van der Waals surface area contributed by atoms with Crippen molar-refractivity contribution in [3.05, 3.63) is 0 Å². The van der Waals surface area contributed by atoms with Gasteiger partial charge in [-0.05, 0) is 27.2 Å². The van der Waals surface area contributed by atoms with Crippen LogP contribution in [0, 0.1) is 0 Å². The van der Waals surface area contributed by atoms with Gasteiger partial charge in [-0.15, -0.1) is 4.99 Å². The number of hydrogen-bond donors (Lipinski definition) is 2. The van der Waals surface area contributed by atoms with Gasteiger partial charge in [0.05, 0.1) is 6.04 Å². The molecule has 1 amide bonds. The van der Waals surface area contributed by atoms with Crippen molar-refractivity contribution in [2.45, 2.75) is 45.2 Å². The zero-order chi connectivity index (χ0) is 12.8. The Labute approximate surface area is 93.7 Å². The number of carboxylic acid groups (broad SMARTS) is 1. The van der Waals surface area contributed by atoms with Gasteiger partial charge in [0.1, 0.15) is 0 Å². The van der Waals surface area contributed by atoms with Crippen LogP contribution in [-0.2, 0) is 14.4 Å². The van der Waals surface area contributed by atoms with Crippen molar-refractivity contribution in [3.63, 3.8) is 0 Å². The summed E-state index contributed by atoms with van der Waals surface area (Å²) in [7, 11) is 0. The van der Waals surface area contributed by atoms with Gasteiger partial charge in [-0.25, -0.2) is 4.79 Å². The van der Waals surface area contributed by atoms with Gasteiger partial charge >= 0.3 is 5.97 Å². The van der Waals surface area contributed by atoms with Crippen molar-refractivity contribution in [3.8, 4) is 0 Å². The molecule has 16 heavy (non-hydrogen) atoms. The number of carbonyl (C=O) groups is 2. The summed E-state index contributed by atoms with van der Waals surface area (Å²) >= 11 is 0. The second kappa shape index (κ2) is 6.15. The molecule has 0 bridgehead atoms. The predicted octanol–water partition coefficient (Wildman–Crippen LogP) is 0.470. The fourth-order valence-corrected chi connectivity index (χ4v) is 1.17. The van der Waals surface area contributed by atoms with Crippen molar-refractivity contribution >= 4 is 18.0 Å². The van der Waals surface area contributed by atoms with Crippen molar-refractivity contribution < 1.29 is 19.5 Å². The zero-order valence-corrected chi connectivity index (χ0v) is 9.61. The van der Waals surface area contributed by atoms with Crippen molar-refractivity contribution in [1.29, 1.82) is 0 Å². The van der Waals surface area contributed by atoms with E-state index in [4.69, 9.17) is 5.11 Å². The van der Waals surface area contributed by atoms with E-state index in [-0.39, 0.29) is 18.4 Å². The summed E-state index contributed by atoms with van der Waals surface area (Å²) in [5, 5.41) is 11.4. The first-order valence-corrected chi connectivity index (χ1v) is 4.87. The summed E-state index contributed by atoms with van der Waals surface area (Å²) in [5.41, 5.74) is -0.364. The highest BCUT2D eigenvalue weighted by molar-refractivity contribution is 5.86. The number of nitrogens with one attached hydrogen (secondary N) is 1. The van der Waals surface area contributed by atoms with Gasteiger partial charge < -0.3 is 10.4 Å².